The number of amides is 1. The molecule has 28 heavy (non-hydrogen) atoms. The normalized spacial score (nSPS) is 31.3. The van der Waals surface area contributed by atoms with Crippen molar-refractivity contribution in [2.45, 2.75) is 58.4 Å². The summed E-state index contributed by atoms with van der Waals surface area (Å²) in [6, 6.07) is 5.17. The van der Waals surface area contributed by atoms with Crippen LogP contribution < -0.4 is 14.8 Å². The summed E-state index contributed by atoms with van der Waals surface area (Å²) >= 11 is 0. The van der Waals surface area contributed by atoms with Gasteiger partial charge < -0.3 is 14.8 Å². The van der Waals surface area contributed by atoms with Crippen molar-refractivity contribution >= 4 is 12.2 Å². The van der Waals surface area contributed by atoms with Gasteiger partial charge in [-0.1, -0.05) is 0 Å². The van der Waals surface area contributed by atoms with Crippen LogP contribution in [0.15, 0.2) is 18.2 Å². The maximum absolute atomic E-state index is 12.6. The van der Waals surface area contributed by atoms with E-state index in [1.165, 1.54) is 38.5 Å². The molecule has 4 bridgehead atoms. The molecule has 1 N–H and O–H groups in total. The second-order valence-corrected chi connectivity index (χ2v) is 9.11. The van der Waals surface area contributed by atoms with Crippen molar-refractivity contribution in [1.29, 1.82) is 0 Å². The highest BCUT2D eigenvalue weighted by Crippen LogP contribution is 2.61. The van der Waals surface area contributed by atoms with Crippen molar-refractivity contribution < 1.29 is 19.1 Å². The average molecular weight is 386 g/mol. The zero-order valence-electron chi connectivity index (χ0n) is 16.9. The second-order valence-electron chi connectivity index (χ2n) is 9.11. The molecular formula is C23H31NO4. The van der Waals surface area contributed by atoms with Crippen LogP contribution in [0.4, 0.5) is 0 Å². The predicted octanol–water partition coefficient (Wildman–Crippen LogP) is 4.00. The highest BCUT2D eigenvalue weighted by molar-refractivity contribution is 5.78. The van der Waals surface area contributed by atoms with Crippen LogP contribution in [-0.4, -0.2) is 31.4 Å². The Labute approximate surface area is 167 Å². The van der Waals surface area contributed by atoms with Crippen LogP contribution in [0.5, 0.6) is 11.5 Å². The lowest BCUT2D eigenvalue weighted by atomic mass is 9.48. The number of nitrogens with one attached hydrogen (secondary N) is 1. The molecule has 0 heterocycles. The summed E-state index contributed by atoms with van der Waals surface area (Å²) in [6.45, 7) is 4.47. The molecule has 1 aromatic carbocycles. The highest BCUT2D eigenvalue weighted by Gasteiger charge is 2.53. The van der Waals surface area contributed by atoms with Gasteiger partial charge in [0.05, 0.1) is 6.61 Å². The average Bonchev–Trinajstić information content (AvgIpc) is 2.66. The quantitative estimate of drug-likeness (QED) is 0.687. The topological polar surface area (TPSA) is 64.6 Å². The van der Waals surface area contributed by atoms with Crippen LogP contribution in [0.1, 0.15) is 62.7 Å². The summed E-state index contributed by atoms with van der Waals surface area (Å²) in [6.07, 6.45) is 8.78. The molecule has 4 aliphatic carbocycles. The molecule has 0 unspecified atom stereocenters. The zero-order valence-corrected chi connectivity index (χ0v) is 16.9. The Bertz CT molecular complexity index is 709. The van der Waals surface area contributed by atoms with E-state index in [9.17, 15) is 9.59 Å². The van der Waals surface area contributed by atoms with Crippen molar-refractivity contribution in [2.24, 2.45) is 23.2 Å². The lowest BCUT2D eigenvalue weighted by Crippen LogP contribution is -2.56. The van der Waals surface area contributed by atoms with Crippen LogP contribution in [-0.2, 0) is 4.79 Å². The zero-order chi connectivity index (χ0) is 19.7. The summed E-state index contributed by atoms with van der Waals surface area (Å²) < 4.78 is 11.3. The summed E-state index contributed by atoms with van der Waals surface area (Å²) in [7, 11) is 0. The van der Waals surface area contributed by atoms with Crippen molar-refractivity contribution in [1.82, 2.24) is 5.32 Å². The van der Waals surface area contributed by atoms with Gasteiger partial charge in [-0.05, 0) is 93.7 Å². The number of hydrogen-bond acceptors (Lipinski definition) is 4. The van der Waals surface area contributed by atoms with Crippen molar-refractivity contribution in [3.63, 3.8) is 0 Å². The predicted molar refractivity (Wildman–Crippen MR) is 107 cm³/mol. The molecule has 4 saturated carbocycles. The number of rotatable bonds is 8. The van der Waals surface area contributed by atoms with Gasteiger partial charge in [-0.2, -0.15) is 0 Å². The van der Waals surface area contributed by atoms with E-state index in [1.54, 1.807) is 18.2 Å². The van der Waals surface area contributed by atoms with Crippen molar-refractivity contribution in [3.8, 4) is 11.5 Å². The molecule has 152 valence electrons. The number of ether oxygens (including phenoxy) is 2. The molecule has 4 aliphatic rings. The molecule has 0 spiro atoms. The third kappa shape index (κ3) is 3.76. The summed E-state index contributed by atoms with van der Waals surface area (Å²) in [5.74, 6) is 3.50. The first-order valence-corrected chi connectivity index (χ1v) is 10.7. The Morgan fingerprint density at radius 2 is 1.79 bits per heavy atom. The molecule has 5 nitrogen and oxygen atoms in total. The number of aldehydes is 1. The van der Waals surface area contributed by atoms with Gasteiger partial charge in [0.15, 0.2) is 18.1 Å². The molecule has 1 atom stereocenters. The molecule has 1 aromatic rings. The van der Waals surface area contributed by atoms with E-state index in [4.69, 9.17) is 9.47 Å². The van der Waals surface area contributed by atoms with Gasteiger partial charge in [-0.15, -0.1) is 0 Å². The minimum atomic E-state index is -0.0924. The van der Waals surface area contributed by atoms with E-state index in [-0.39, 0.29) is 24.0 Å². The number of benzene rings is 1. The minimum absolute atomic E-state index is 0.0444. The molecule has 0 radical (unpaired) electrons. The van der Waals surface area contributed by atoms with Crippen LogP contribution in [0.2, 0.25) is 0 Å². The first kappa shape index (κ1) is 19.3. The van der Waals surface area contributed by atoms with Crippen LogP contribution in [0.25, 0.3) is 0 Å². The smallest absolute Gasteiger partial charge is 0.258 e. The SMILES string of the molecule is CCOc1cc(C=O)ccc1OCC(=O)N[C@H](C)C12CC3CC(CC(C3)C1)C2. The monoisotopic (exact) mass is 385 g/mol. The van der Waals surface area contributed by atoms with E-state index in [2.05, 4.69) is 12.2 Å². The lowest BCUT2D eigenvalue weighted by Gasteiger charge is -2.59. The molecule has 0 aromatic heterocycles. The maximum Gasteiger partial charge on any atom is 0.258 e. The number of hydrogen-bond donors (Lipinski definition) is 1. The standard InChI is InChI=1S/C23H31NO4/c1-3-27-21-9-16(13-25)4-5-20(21)28-14-22(26)24-15(2)23-10-17-6-18(11-23)8-19(7-17)12-23/h4-5,9,13,15,17-19H,3,6-8,10-12,14H2,1-2H3,(H,24,26)/t15-,17?,18?,19?,23?/m1/s1. The number of carbonyl (C=O) groups is 2. The molecule has 0 aliphatic heterocycles. The van der Waals surface area contributed by atoms with Crippen molar-refractivity contribution in [2.75, 3.05) is 13.2 Å². The lowest BCUT2D eigenvalue weighted by molar-refractivity contribution is -0.127. The highest BCUT2D eigenvalue weighted by atomic mass is 16.5. The Morgan fingerprint density at radius 1 is 1.14 bits per heavy atom. The van der Waals surface area contributed by atoms with E-state index in [1.807, 2.05) is 6.92 Å². The Morgan fingerprint density at radius 3 is 2.36 bits per heavy atom. The van der Waals surface area contributed by atoms with Gasteiger partial charge in [-0.25, -0.2) is 0 Å². The van der Waals surface area contributed by atoms with Crippen LogP contribution in [0.3, 0.4) is 0 Å². The Balaban J connectivity index is 1.35. The van der Waals surface area contributed by atoms with Gasteiger partial charge in [-0.3, -0.25) is 9.59 Å². The third-order valence-corrected chi connectivity index (χ3v) is 7.14. The fourth-order valence-corrected chi connectivity index (χ4v) is 6.27. The maximum atomic E-state index is 12.6. The van der Waals surface area contributed by atoms with E-state index in [0.29, 0.717) is 23.7 Å². The van der Waals surface area contributed by atoms with Gasteiger partial charge in [0.25, 0.3) is 5.91 Å². The van der Waals surface area contributed by atoms with Crippen LogP contribution >= 0.6 is 0 Å². The summed E-state index contributed by atoms with van der Waals surface area (Å²) in [5.41, 5.74) is 0.808. The molecule has 5 heteroatoms. The molecule has 5 rings (SSSR count). The van der Waals surface area contributed by atoms with Gasteiger partial charge in [0.1, 0.15) is 6.29 Å². The van der Waals surface area contributed by atoms with Gasteiger partial charge in [0, 0.05) is 11.6 Å². The van der Waals surface area contributed by atoms with E-state index >= 15 is 0 Å². The van der Waals surface area contributed by atoms with Gasteiger partial charge >= 0.3 is 0 Å². The van der Waals surface area contributed by atoms with Crippen molar-refractivity contribution in [3.05, 3.63) is 23.8 Å². The molecule has 0 saturated heterocycles. The fourth-order valence-electron chi connectivity index (χ4n) is 6.27. The Kier molecular flexibility index (Phi) is 5.35. The Hall–Kier alpha value is -2.04. The minimum Gasteiger partial charge on any atom is -0.490 e. The fraction of sp³-hybridized carbons (Fsp3) is 0.652. The van der Waals surface area contributed by atoms with Crippen LogP contribution in [0, 0.1) is 23.2 Å². The summed E-state index contributed by atoms with van der Waals surface area (Å²) in [4.78, 5) is 23.5. The first-order chi connectivity index (χ1) is 13.5. The van der Waals surface area contributed by atoms with E-state index < -0.39 is 0 Å². The molecule has 1 amide bonds. The first-order valence-electron chi connectivity index (χ1n) is 10.7. The second kappa shape index (κ2) is 7.76. The van der Waals surface area contributed by atoms with E-state index in [0.717, 1.165) is 24.0 Å². The number of carbonyl (C=O) groups excluding carboxylic acids is 2. The molecule has 4 fully saturated rings. The van der Waals surface area contributed by atoms with Gasteiger partial charge in [0.2, 0.25) is 0 Å². The molecular weight excluding hydrogens is 354 g/mol. The largest absolute Gasteiger partial charge is 0.490 e. The third-order valence-electron chi connectivity index (χ3n) is 7.14. The summed E-state index contributed by atoms with van der Waals surface area (Å²) in [5, 5.41) is 3.22.